The molecule has 0 spiro atoms. The number of ether oxygens (including phenoxy) is 1. The van der Waals surface area contributed by atoms with Crippen LogP contribution >= 0.6 is 0 Å². The maximum atomic E-state index is 12.8. The highest BCUT2D eigenvalue weighted by Gasteiger charge is 2.40. The Morgan fingerprint density at radius 2 is 1.76 bits per heavy atom. The molecule has 2 amide bonds. The van der Waals surface area contributed by atoms with E-state index in [-0.39, 0.29) is 43.8 Å². The van der Waals surface area contributed by atoms with Crippen LogP contribution in [0.1, 0.15) is 17.9 Å². The van der Waals surface area contributed by atoms with Crippen molar-refractivity contribution in [1.82, 2.24) is 4.90 Å². The van der Waals surface area contributed by atoms with Crippen LogP contribution in [-0.4, -0.2) is 54.0 Å². The van der Waals surface area contributed by atoms with Gasteiger partial charge in [-0.3, -0.25) is 14.4 Å². The first-order chi connectivity index (χ1) is 14.0. The van der Waals surface area contributed by atoms with E-state index < -0.39 is 11.9 Å². The Labute approximate surface area is 168 Å². The predicted octanol–water partition coefficient (Wildman–Crippen LogP) is 2.13. The molecule has 7 heteroatoms. The van der Waals surface area contributed by atoms with E-state index in [9.17, 15) is 19.5 Å². The largest absolute Gasteiger partial charge is 0.482 e. The predicted molar refractivity (Wildman–Crippen MR) is 106 cm³/mol. The second kappa shape index (κ2) is 7.95. The van der Waals surface area contributed by atoms with Gasteiger partial charge in [0.05, 0.1) is 11.6 Å². The summed E-state index contributed by atoms with van der Waals surface area (Å²) in [5.41, 5.74) is 1.58. The lowest BCUT2D eigenvalue weighted by Gasteiger charge is -2.29. The number of carbonyl (C=O) groups is 3. The molecular formula is C22H22N2O5. The van der Waals surface area contributed by atoms with Crippen molar-refractivity contribution in [1.29, 1.82) is 0 Å². The van der Waals surface area contributed by atoms with Crippen molar-refractivity contribution in [2.45, 2.75) is 12.3 Å². The molecule has 2 aromatic carbocycles. The number of anilines is 1. The summed E-state index contributed by atoms with van der Waals surface area (Å²) in [6, 6.07) is 16.7. The molecule has 2 heterocycles. The van der Waals surface area contributed by atoms with Crippen molar-refractivity contribution in [2.75, 3.05) is 31.1 Å². The van der Waals surface area contributed by atoms with E-state index in [2.05, 4.69) is 0 Å². The number of nitrogens with zero attached hydrogens (tertiary/aromatic N) is 2. The first-order valence-corrected chi connectivity index (χ1v) is 9.62. The molecule has 29 heavy (non-hydrogen) atoms. The number of carboxylic acid groups (broad SMARTS) is 1. The summed E-state index contributed by atoms with van der Waals surface area (Å²) in [6.45, 7) is 0.739. The molecule has 1 saturated heterocycles. The minimum Gasteiger partial charge on any atom is -0.482 e. The van der Waals surface area contributed by atoms with Gasteiger partial charge < -0.3 is 19.6 Å². The van der Waals surface area contributed by atoms with Crippen LogP contribution in [0.25, 0.3) is 0 Å². The normalized spacial score (nSPS) is 20.9. The average molecular weight is 394 g/mol. The lowest BCUT2D eigenvalue weighted by molar-refractivity contribution is -0.141. The fourth-order valence-electron chi connectivity index (χ4n) is 4.06. The fourth-order valence-corrected chi connectivity index (χ4v) is 4.06. The quantitative estimate of drug-likeness (QED) is 0.840. The summed E-state index contributed by atoms with van der Waals surface area (Å²) in [5.74, 6) is -1.48. The summed E-state index contributed by atoms with van der Waals surface area (Å²) >= 11 is 0. The summed E-state index contributed by atoms with van der Waals surface area (Å²) in [7, 11) is 0. The van der Waals surface area contributed by atoms with Gasteiger partial charge >= 0.3 is 5.97 Å². The number of rotatable bonds is 5. The molecule has 0 saturated carbocycles. The number of fused-ring (bicyclic) bond motifs is 1. The average Bonchev–Trinajstić information content (AvgIpc) is 3.19. The zero-order valence-corrected chi connectivity index (χ0v) is 15.9. The molecule has 0 aliphatic carbocycles. The number of amides is 2. The Balaban J connectivity index is 1.44. The summed E-state index contributed by atoms with van der Waals surface area (Å²) < 4.78 is 5.42. The lowest BCUT2D eigenvalue weighted by Crippen LogP contribution is -2.41. The number of aliphatic carboxylic acids is 1. The van der Waals surface area contributed by atoms with Gasteiger partial charge in [0.15, 0.2) is 6.61 Å². The molecule has 2 aliphatic rings. The molecule has 150 valence electrons. The SMILES string of the molecule is O=C(O)[C@@H]1CN(C(=O)CCN2C(=O)COc3ccccc32)C[C@@H]1c1ccccc1. The van der Waals surface area contributed by atoms with Crippen LogP contribution < -0.4 is 9.64 Å². The van der Waals surface area contributed by atoms with Gasteiger partial charge in [0, 0.05) is 32.0 Å². The van der Waals surface area contributed by atoms with Gasteiger partial charge in [0.1, 0.15) is 5.75 Å². The third-order valence-corrected chi connectivity index (χ3v) is 5.58. The molecule has 0 bridgehead atoms. The van der Waals surface area contributed by atoms with E-state index >= 15 is 0 Å². The van der Waals surface area contributed by atoms with Gasteiger partial charge in [0.2, 0.25) is 5.91 Å². The van der Waals surface area contributed by atoms with Crippen LogP contribution in [0.15, 0.2) is 54.6 Å². The van der Waals surface area contributed by atoms with Gasteiger partial charge in [0.25, 0.3) is 5.91 Å². The van der Waals surface area contributed by atoms with E-state index in [0.717, 1.165) is 5.56 Å². The van der Waals surface area contributed by atoms with Crippen LogP contribution in [0.3, 0.4) is 0 Å². The van der Waals surface area contributed by atoms with Crippen molar-refractivity contribution in [3.8, 4) is 5.75 Å². The van der Waals surface area contributed by atoms with E-state index in [1.54, 1.807) is 21.9 Å². The first-order valence-electron chi connectivity index (χ1n) is 9.62. The monoisotopic (exact) mass is 394 g/mol. The highest BCUT2D eigenvalue weighted by molar-refractivity contribution is 5.98. The van der Waals surface area contributed by atoms with Crippen molar-refractivity contribution in [2.24, 2.45) is 5.92 Å². The topological polar surface area (TPSA) is 87.2 Å². The van der Waals surface area contributed by atoms with Crippen molar-refractivity contribution in [3.05, 3.63) is 60.2 Å². The van der Waals surface area contributed by atoms with Crippen molar-refractivity contribution in [3.63, 3.8) is 0 Å². The Kier molecular flexibility index (Phi) is 5.20. The number of para-hydroxylation sites is 2. The van der Waals surface area contributed by atoms with E-state index in [1.807, 2.05) is 42.5 Å². The van der Waals surface area contributed by atoms with Crippen LogP contribution in [0, 0.1) is 5.92 Å². The molecule has 0 radical (unpaired) electrons. The summed E-state index contributed by atoms with van der Waals surface area (Å²) in [4.78, 5) is 40.0. The van der Waals surface area contributed by atoms with E-state index in [4.69, 9.17) is 4.74 Å². The summed E-state index contributed by atoms with van der Waals surface area (Å²) in [5, 5.41) is 9.62. The fraction of sp³-hybridized carbons (Fsp3) is 0.318. The minimum atomic E-state index is -0.897. The number of carboxylic acids is 1. The van der Waals surface area contributed by atoms with Crippen LogP contribution in [0.2, 0.25) is 0 Å². The second-order valence-corrected chi connectivity index (χ2v) is 7.31. The highest BCUT2D eigenvalue weighted by Crippen LogP contribution is 2.34. The van der Waals surface area contributed by atoms with Crippen molar-refractivity contribution < 1.29 is 24.2 Å². The number of likely N-dealkylation sites (tertiary alicyclic amines) is 1. The molecule has 1 N–H and O–H groups in total. The third kappa shape index (κ3) is 3.81. The molecule has 7 nitrogen and oxygen atoms in total. The molecule has 2 aromatic rings. The maximum absolute atomic E-state index is 12.8. The van der Waals surface area contributed by atoms with Gasteiger partial charge in [-0.1, -0.05) is 42.5 Å². The highest BCUT2D eigenvalue weighted by atomic mass is 16.5. The number of hydrogen-bond donors (Lipinski definition) is 1. The molecule has 1 fully saturated rings. The standard InChI is InChI=1S/C22H22N2O5/c25-20(10-11-24-18-8-4-5-9-19(18)29-14-21(24)26)23-12-16(17(13-23)22(27)28)15-6-2-1-3-7-15/h1-9,16-17H,10-14H2,(H,27,28)/t16-,17-/m1/s1. The minimum absolute atomic E-state index is 0.0495. The molecule has 0 aromatic heterocycles. The van der Waals surface area contributed by atoms with Crippen LogP contribution in [0.5, 0.6) is 5.75 Å². The van der Waals surface area contributed by atoms with Gasteiger partial charge in [-0.05, 0) is 17.7 Å². The zero-order chi connectivity index (χ0) is 20.4. The van der Waals surface area contributed by atoms with Gasteiger partial charge in [-0.25, -0.2) is 0 Å². The Bertz CT molecular complexity index is 930. The van der Waals surface area contributed by atoms with Crippen LogP contribution in [0.4, 0.5) is 5.69 Å². The van der Waals surface area contributed by atoms with E-state index in [0.29, 0.717) is 18.0 Å². The summed E-state index contributed by atoms with van der Waals surface area (Å²) in [6.07, 6.45) is 0.133. The smallest absolute Gasteiger partial charge is 0.308 e. The third-order valence-electron chi connectivity index (χ3n) is 5.58. The number of carbonyl (C=O) groups excluding carboxylic acids is 2. The number of hydrogen-bond acceptors (Lipinski definition) is 4. The van der Waals surface area contributed by atoms with Gasteiger partial charge in [-0.2, -0.15) is 0 Å². The first kappa shape index (κ1) is 19.0. The Morgan fingerprint density at radius 3 is 2.52 bits per heavy atom. The maximum Gasteiger partial charge on any atom is 0.308 e. The number of benzene rings is 2. The molecule has 2 atom stereocenters. The molecule has 4 rings (SSSR count). The second-order valence-electron chi connectivity index (χ2n) is 7.31. The Morgan fingerprint density at radius 1 is 1.03 bits per heavy atom. The van der Waals surface area contributed by atoms with Gasteiger partial charge in [-0.15, -0.1) is 0 Å². The zero-order valence-electron chi connectivity index (χ0n) is 15.9. The molecular weight excluding hydrogens is 372 g/mol. The Hall–Kier alpha value is -3.35. The van der Waals surface area contributed by atoms with Crippen molar-refractivity contribution >= 4 is 23.5 Å². The molecule has 0 unspecified atom stereocenters. The van der Waals surface area contributed by atoms with Crippen LogP contribution in [-0.2, 0) is 14.4 Å². The lowest BCUT2D eigenvalue weighted by atomic mass is 9.89. The molecule has 2 aliphatic heterocycles. The van der Waals surface area contributed by atoms with E-state index in [1.165, 1.54) is 0 Å².